The van der Waals surface area contributed by atoms with E-state index in [9.17, 15) is 0 Å². The third kappa shape index (κ3) is 1.72. The van der Waals surface area contributed by atoms with Gasteiger partial charge in [-0.25, -0.2) is 4.98 Å². The van der Waals surface area contributed by atoms with Gasteiger partial charge in [-0.15, -0.1) is 0 Å². The van der Waals surface area contributed by atoms with Crippen LogP contribution in [0.15, 0.2) is 22.9 Å². The molecule has 0 fully saturated rings. The van der Waals surface area contributed by atoms with Crippen molar-refractivity contribution in [3.63, 3.8) is 0 Å². The van der Waals surface area contributed by atoms with Gasteiger partial charge in [-0.3, -0.25) is 0 Å². The Hall–Kier alpha value is -0.740. The highest BCUT2D eigenvalue weighted by molar-refractivity contribution is 9.10. The molecule has 14 heavy (non-hydrogen) atoms. The van der Waals surface area contributed by atoms with E-state index >= 15 is 0 Å². The van der Waals surface area contributed by atoms with Gasteiger partial charge in [-0.1, -0.05) is 18.2 Å². The van der Waals surface area contributed by atoms with E-state index in [0.717, 1.165) is 5.01 Å². The number of nitrogens with zero attached hydrogens (tertiary/aromatic N) is 2. The summed E-state index contributed by atoms with van der Waals surface area (Å²) in [6, 6.07) is 6.23. The van der Waals surface area contributed by atoms with Crippen LogP contribution in [0.5, 0.6) is 0 Å². The molecule has 0 aliphatic rings. The van der Waals surface area contributed by atoms with Crippen molar-refractivity contribution in [2.45, 2.75) is 13.8 Å². The topological polar surface area (TPSA) is 25.8 Å². The van der Waals surface area contributed by atoms with Gasteiger partial charge in [0.25, 0.3) is 0 Å². The molecular weight excluding hydrogens is 260 g/mol. The maximum Gasteiger partial charge on any atom is 0.209 e. The third-order valence-electron chi connectivity index (χ3n) is 2.24. The van der Waals surface area contributed by atoms with E-state index in [1.54, 1.807) is 0 Å². The number of aromatic nitrogens is 2. The first-order valence-corrected chi connectivity index (χ1v) is 5.81. The van der Waals surface area contributed by atoms with E-state index in [1.165, 1.54) is 28.2 Å². The Balaban J connectivity index is 2.57. The van der Waals surface area contributed by atoms with Crippen molar-refractivity contribution >= 4 is 27.5 Å². The average molecular weight is 269 g/mol. The lowest BCUT2D eigenvalue weighted by molar-refractivity contribution is 1.25. The van der Waals surface area contributed by atoms with Gasteiger partial charge in [0, 0.05) is 5.56 Å². The Labute approximate surface area is 95.3 Å². The average Bonchev–Trinajstić information content (AvgIpc) is 2.57. The zero-order valence-corrected chi connectivity index (χ0v) is 10.3. The molecule has 2 nitrogen and oxygen atoms in total. The molecule has 2 aromatic rings. The molecular formula is C10H9BrN2S. The molecule has 0 radical (unpaired) electrons. The third-order valence-corrected chi connectivity index (χ3v) is 3.57. The molecule has 2 rings (SSSR count). The predicted molar refractivity (Wildman–Crippen MR) is 62.5 cm³/mol. The number of hydrogen-bond donors (Lipinski definition) is 0. The van der Waals surface area contributed by atoms with E-state index in [1.807, 2.05) is 6.07 Å². The first kappa shape index (κ1) is 9.80. The lowest BCUT2D eigenvalue weighted by atomic mass is 10.0. The minimum Gasteiger partial charge on any atom is -0.209 e. The summed E-state index contributed by atoms with van der Waals surface area (Å²) in [6.07, 6.45) is 0. The Bertz CT molecular complexity index is 465. The molecule has 1 heterocycles. The maximum absolute atomic E-state index is 4.31. The van der Waals surface area contributed by atoms with Gasteiger partial charge >= 0.3 is 0 Å². The number of hydrogen-bond acceptors (Lipinski definition) is 3. The number of benzene rings is 1. The zero-order chi connectivity index (χ0) is 10.1. The van der Waals surface area contributed by atoms with Gasteiger partial charge in [0.15, 0.2) is 0 Å². The van der Waals surface area contributed by atoms with Crippen molar-refractivity contribution in [1.29, 1.82) is 0 Å². The highest BCUT2D eigenvalue weighted by atomic mass is 79.9. The summed E-state index contributed by atoms with van der Waals surface area (Å²) in [7, 11) is 0. The summed E-state index contributed by atoms with van der Waals surface area (Å²) in [4.78, 5) is 4.31. The van der Waals surface area contributed by atoms with E-state index in [-0.39, 0.29) is 0 Å². The number of halogens is 1. The largest absolute Gasteiger partial charge is 0.209 e. The molecule has 0 aliphatic carbocycles. The smallest absolute Gasteiger partial charge is 0.209 e. The van der Waals surface area contributed by atoms with Gasteiger partial charge in [0.1, 0.15) is 5.01 Å². The van der Waals surface area contributed by atoms with Crippen LogP contribution in [-0.4, -0.2) is 9.36 Å². The lowest BCUT2D eigenvalue weighted by Crippen LogP contribution is -1.85. The lowest BCUT2D eigenvalue weighted by Gasteiger charge is -2.03. The fourth-order valence-electron chi connectivity index (χ4n) is 1.30. The van der Waals surface area contributed by atoms with Gasteiger partial charge < -0.3 is 0 Å². The van der Waals surface area contributed by atoms with Crippen molar-refractivity contribution in [3.8, 4) is 10.6 Å². The van der Waals surface area contributed by atoms with E-state index in [0.29, 0.717) is 4.73 Å². The number of rotatable bonds is 1. The molecule has 0 spiro atoms. The summed E-state index contributed by atoms with van der Waals surface area (Å²) in [6.45, 7) is 4.22. The van der Waals surface area contributed by atoms with Gasteiger partial charge in [0.05, 0.1) is 0 Å². The maximum atomic E-state index is 4.31. The SMILES string of the molecule is Cc1cccc(-c2nc(Br)ns2)c1C. The highest BCUT2D eigenvalue weighted by Gasteiger charge is 2.08. The molecule has 0 unspecified atom stereocenters. The van der Waals surface area contributed by atoms with Crippen molar-refractivity contribution in [1.82, 2.24) is 9.36 Å². The van der Waals surface area contributed by atoms with Crippen molar-refractivity contribution < 1.29 is 0 Å². The summed E-state index contributed by atoms with van der Waals surface area (Å²) in [5, 5.41) is 0.970. The summed E-state index contributed by atoms with van der Waals surface area (Å²) < 4.78 is 4.78. The van der Waals surface area contributed by atoms with E-state index in [2.05, 4.69) is 51.3 Å². The summed E-state index contributed by atoms with van der Waals surface area (Å²) in [5.74, 6) is 0. The predicted octanol–water partition coefficient (Wildman–Crippen LogP) is 3.58. The zero-order valence-electron chi connectivity index (χ0n) is 7.91. The minimum atomic E-state index is 0.665. The molecule has 1 aromatic carbocycles. The van der Waals surface area contributed by atoms with Crippen LogP contribution in [0.25, 0.3) is 10.6 Å². The second-order valence-electron chi connectivity index (χ2n) is 3.12. The van der Waals surface area contributed by atoms with Gasteiger partial charge in [-0.2, -0.15) is 4.37 Å². The fraction of sp³-hybridized carbons (Fsp3) is 0.200. The number of aryl methyl sites for hydroxylation is 1. The second kappa shape index (κ2) is 3.79. The van der Waals surface area contributed by atoms with E-state index in [4.69, 9.17) is 0 Å². The summed E-state index contributed by atoms with van der Waals surface area (Å²) >= 11 is 4.68. The molecule has 72 valence electrons. The minimum absolute atomic E-state index is 0.665. The van der Waals surface area contributed by atoms with Crippen LogP contribution in [0.3, 0.4) is 0 Å². The molecule has 0 amide bonds. The van der Waals surface area contributed by atoms with Crippen molar-refractivity contribution in [3.05, 3.63) is 34.1 Å². The second-order valence-corrected chi connectivity index (χ2v) is 4.58. The highest BCUT2D eigenvalue weighted by Crippen LogP contribution is 2.27. The molecule has 1 aromatic heterocycles. The first-order chi connectivity index (χ1) is 6.68. The fourth-order valence-corrected chi connectivity index (χ4v) is 2.46. The van der Waals surface area contributed by atoms with Crippen LogP contribution in [0.4, 0.5) is 0 Å². The van der Waals surface area contributed by atoms with Crippen molar-refractivity contribution in [2.75, 3.05) is 0 Å². The monoisotopic (exact) mass is 268 g/mol. The van der Waals surface area contributed by atoms with Crippen molar-refractivity contribution in [2.24, 2.45) is 0 Å². The van der Waals surface area contributed by atoms with Crippen LogP contribution >= 0.6 is 27.5 Å². The van der Waals surface area contributed by atoms with Crippen LogP contribution in [-0.2, 0) is 0 Å². The molecule has 0 saturated heterocycles. The Morgan fingerprint density at radius 2 is 2.07 bits per heavy atom. The van der Waals surface area contributed by atoms with Crippen LogP contribution in [0, 0.1) is 13.8 Å². The van der Waals surface area contributed by atoms with Crippen LogP contribution < -0.4 is 0 Å². The van der Waals surface area contributed by atoms with Crippen LogP contribution in [0.2, 0.25) is 0 Å². The van der Waals surface area contributed by atoms with E-state index < -0.39 is 0 Å². The Morgan fingerprint density at radius 3 is 2.71 bits per heavy atom. The van der Waals surface area contributed by atoms with Gasteiger partial charge in [-0.05, 0) is 52.4 Å². The summed E-state index contributed by atoms with van der Waals surface area (Å²) in [5.41, 5.74) is 3.73. The Morgan fingerprint density at radius 1 is 1.29 bits per heavy atom. The molecule has 0 atom stereocenters. The van der Waals surface area contributed by atoms with Gasteiger partial charge in [0.2, 0.25) is 4.73 Å². The molecule has 0 bridgehead atoms. The normalized spacial score (nSPS) is 10.5. The van der Waals surface area contributed by atoms with Crippen LogP contribution in [0.1, 0.15) is 11.1 Å². The molecule has 4 heteroatoms. The quantitative estimate of drug-likeness (QED) is 0.790. The molecule has 0 N–H and O–H groups in total. The molecule has 0 aliphatic heterocycles. The first-order valence-electron chi connectivity index (χ1n) is 4.24. The Kier molecular flexibility index (Phi) is 2.65. The standard InChI is InChI=1S/C10H9BrN2S/c1-6-4-3-5-8(7(6)2)9-12-10(11)13-14-9/h3-5H,1-2H3. The molecule has 0 saturated carbocycles.